The van der Waals surface area contributed by atoms with Gasteiger partial charge in [-0.2, -0.15) is 9.29 Å². The highest BCUT2D eigenvalue weighted by molar-refractivity contribution is 7.89. The van der Waals surface area contributed by atoms with Crippen LogP contribution in [0.25, 0.3) is 0 Å². The van der Waals surface area contributed by atoms with Crippen molar-refractivity contribution < 1.29 is 17.5 Å². The quantitative estimate of drug-likeness (QED) is 0.821. The van der Waals surface area contributed by atoms with Gasteiger partial charge in [0.15, 0.2) is 0 Å². The second-order valence-electron chi connectivity index (χ2n) is 5.22. The zero-order valence-electron chi connectivity index (χ0n) is 13.1. The minimum atomic E-state index is -3.84. The molecular weight excluding hydrogens is 335 g/mol. The van der Waals surface area contributed by atoms with Crippen LogP contribution in [0.4, 0.5) is 10.3 Å². The Balaban J connectivity index is 1.74. The van der Waals surface area contributed by atoms with E-state index < -0.39 is 15.8 Å². The van der Waals surface area contributed by atoms with E-state index in [1.807, 2.05) is 4.90 Å². The highest BCUT2D eigenvalue weighted by atomic mass is 32.2. The molecule has 1 aliphatic heterocycles. The van der Waals surface area contributed by atoms with Gasteiger partial charge in [-0.1, -0.05) is 12.1 Å². The summed E-state index contributed by atoms with van der Waals surface area (Å²) < 4.78 is 45.3. The van der Waals surface area contributed by atoms with Crippen molar-refractivity contribution in [3.63, 3.8) is 0 Å². The van der Waals surface area contributed by atoms with Crippen LogP contribution < -0.4 is 9.64 Å². The fourth-order valence-corrected chi connectivity index (χ4v) is 4.01. The number of piperazine rings is 1. The van der Waals surface area contributed by atoms with E-state index in [1.165, 1.54) is 29.6 Å². The molecule has 0 spiro atoms. The molecule has 0 N–H and O–H groups in total. The lowest BCUT2D eigenvalue weighted by molar-refractivity contribution is 0.375. The Labute approximate surface area is 139 Å². The van der Waals surface area contributed by atoms with Crippen molar-refractivity contribution in [3.05, 3.63) is 42.3 Å². The molecule has 24 heavy (non-hydrogen) atoms. The Morgan fingerprint density at radius 1 is 1.12 bits per heavy atom. The lowest BCUT2D eigenvalue weighted by Crippen LogP contribution is -2.49. The number of benzene rings is 1. The molecule has 2 aromatic rings. The lowest BCUT2D eigenvalue weighted by atomic mass is 10.3. The number of hydrogen-bond acceptors (Lipinski definition) is 6. The highest BCUT2D eigenvalue weighted by Crippen LogP contribution is 2.22. The van der Waals surface area contributed by atoms with Crippen molar-refractivity contribution in [1.29, 1.82) is 0 Å². The van der Waals surface area contributed by atoms with Crippen molar-refractivity contribution in [2.45, 2.75) is 4.90 Å². The first-order valence-corrected chi connectivity index (χ1v) is 8.83. The SMILES string of the molecule is COc1ccnc(N2CCN(S(=O)(=O)c3ccccc3F)CC2)n1. The Bertz CT molecular complexity index is 823. The topological polar surface area (TPSA) is 75.6 Å². The second-order valence-corrected chi connectivity index (χ2v) is 7.13. The molecule has 128 valence electrons. The van der Waals surface area contributed by atoms with E-state index in [1.54, 1.807) is 12.3 Å². The molecule has 0 unspecified atom stereocenters. The molecule has 1 fully saturated rings. The van der Waals surface area contributed by atoms with E-state index in [4.69, 9.17) is 4.74 Å². The molecule has 9 heteroatoms. The third-order valence-corrected chi connectivity index (χ3v) is 5.73. The summed E-state index contributed by atoms with van der Waals surface area (Å²) in [6.45, 7) is 1.30. The molecule has 0 amide bonds. The van der Waals surface area contributed by atoms with Gasteiger partial charge < -0.3 is 9.64 Å². The normalized spacial score (nSPS) is 16.2. The summed E-state index contributed by atoms with van der Waals surface area (Å²) in [6.07, 6.45) is 1.59. The minimum Gasteiger partial charge on any atom is -0.481 e. The van der Waals surface area contributed by atoms with Gasteiger partial charge in [-0.3, -0.25) is 0 Å². The third-order valence-electron chi connectivity index (χ3n) is 3.80. The number of nitrogens with zero attached hydrogens (tertiary/aromatic N) is 4. The summed E-state index contributed by atoms with van der Waals surface area (Å²) in [7, 11) is -2.33. The van der Waals surface area contributed by atoms with Gasteiger partial charge >= 0.3 is 0 Å². The Kier molecular flexibility index (Phi) is 4.63. The Morgan fingerprint density at radius 2 is 1.83 bits per heavy atom. The first-order chi connectivity index (χ1) is 11.5. The monoisotopic (exact) mass is 352 g/mol. The molecule has 1 aromatic heterocycles. The predicted octanol–water partition coefficient (Wildman–Crippen LogP) is 1.14. The molecule has 0 atom stereocenters. The van der Waals surface area contributed by atoms with E-state index in [0.717, 1.165) is 6.07 Å². The summed E-state index contributed by atoms with van der Waals surface area (Å²) >= 11 is 0. The van der Waals surface area contributed by atoms with Gasteiger partial charge in [-0.25, -0.2) is 17.8 Å². The molecule has 7 nitrogen and oxygen atoms in total. The first-order valence-electron chi connectivity index (χ1n) is 7.39. The van der Waals surface area contributed by atoms with Crippen molar-refractivity contribution in [1.82, 2.24) is 14.3 Å². The molecule has 0 aliphatic carbocycles. The van der Waals surface area contributed by atoms with E-state index in [-0.39, 0.29) is 18.0 Å². The molecular formula is C15H17FN4O3S. The second kappa shape index (κ2) is 6.70. The number of anilines is 1. The van der Waals surface area contributed by atoms with Gasteiger partial charge in [-0.15, -0.1) is 0 Å². The molecule has 0 saturated carbocycles. The van der Waals surface area contributed by atoms with Gasteiger partial charge in [-0.05, 0) is 12.1 Å². The fraction of sp³-hybridized carbons (Fsp3) is 0.333. The number of halogens is 1. The van der Waals surface area contributed by atoms with Gasteiger partial charge in [0.1, 0.15) is 10.7 Å². The largest absolute Gasteiger partial charge is 0.481 e. The number of hydrogen-bond donors (Lipinski definition) is 0. The van der Waals surface area contributed by atoms with Crippen molar-refractivity contribution in [2.75, 3.05) is 38.2 Å². The van der Waals surface area contributed by atoms with Gasteiger partial charge in [0, 0.05) is 38.4 Å². The van der Waals surface area contributed by atoms with Crippen LogP contribution in [0, 0.1) is 5.82 Å². The smallest absolute Gasteiger partial charge is 0.246 e. The maximum Gasteiger partial charge on any atom is 0.246 e. The maximum absolute atomic E-state index is 13.8. The van der Waals surface area contributed by atoms with Crippen LogP contribution in [-0.4, -0.2) is 56.0 Å². The zero-order chi connectivity index (χ0) is 17.2. The standard InChI is InChI=1S/C15H17FN4O3S/c1-23-14-6-7-17-15(18-14)19-8-10-20(11-9-19)24(21,22)13-5-3-2-4-12(13)16/h2-7H,8-11H2,1H3. The van der Waals surface area contributed by atoms with Crippen LogP contribution in [0.3, 0.4) is 0 Å². The number of methoxy groups -OCH3 is 1. The van der Waals surface area contributed by atoms with Gasteiger partial charge in [0.2, 0.25) is 21.9 Å². The Hall–Kier alpha value is -2.26. The fourth-order valence-electron chi connectivity index (χ4n) is 2.52. The van der Waals surface area contributed by atoms with Gasteiger partial charge in [0.25, 0.3) is 0 Å². The third kappa shape index (κ3) is 3.17. The summed E-state index contributed by atoms with van der Waals surface area (Å²) in [5.74, 6) is 0.190. The van der Waals surface area contributed by atoms with E-state index in [0.29, 0.717) is 24.9 Å². The first kappa shape index (κ1) is 16.6. The molecule has 3 rings (SSSR count). The zero-order valence-corrected chi connectivity index (χ0v) is 13.9. The average molecular weight is 352 g/mol. The molecule has 0 radical (unpaired) electrons. The van der Waals surface area contributed by atoms with Crippen LogP contribution in [0.15, 0.2) is 41.4 Å². The highest BCUT2D eigenvalue weighted by Gasteiger charge is 2.31. The summed E-state index contributed by atoms with van der Waals surface area (Å²) in [4.78, 5) is 9.99. The van der Waals surface area contributed by atoms with Gasteiger partial charge in [0.05, 0.1) is 7.11 Å². The summed E-state index contributed by atoms with van der Waals surface area (Å²) in [5.41, 5.74) is 0. The van der Waals surface area contributed by atoms with Crippen molar-refractivity contribution >= 4 is 16.0 Å². The molecule has 1 aromatic carbocycles. The van der Waals surface area contributed by atoms with Crippen LogP contribution in [0.2, 0.25) is 0 Å². The summed E-state index contributed by atoms with van der Waals surface area (Å²) in [6, 6.07) is 7.04. The Morgan fingerprint density at radius 3 is 2.50 bits per heavy atom. The van der Waals surface area contributed by atoms with E-state index in [9.17, 15) is 12.8 Å². The van der Waals surface area contributed by atoms with Crippen LogP contribution in [0.5, 0.6) is 5.88 Å². The van der Waals surface area contributed by atoms with Crippen LogP contribution in [-0.2, 0) is 10.0 Å². The average Bonchev–Trinajstić information content (AvgIpc) is 2.62. The molecule has 1 saturated heterocycles. The number of aromatic nitrogens is 2. The van der Waals surface area contributed by atoms with Crippen molar-refractivity contribution in [3.8, 4) is 5.88 Å². The van der Waals surface area contributed by atoms with Crippen LogP contribution >= 0.6 is 0 Å². The van der Waals surface area contributed by atoms with Crippen LogP contribution in [0.1, 0.15) is 0 Å². The number of ether oxygens (including phenoxy) is 1. The number of rotatable bonds is 4. The minimum absolute atomic E-state index is 0.233. The predicted molar refractivity (Wildman–Crippen MR) is 86.0 cm³/mol. The molecule has 0 bridgehead atoms. The molecule has 2 heterocycles. The van der Waals surface area contributed by atoms with E-state index >= 15 is 0 Å². The lowest BCUT2D eigenvalue weighted by Gasteiger charge is -2.34. The van der Waals surface area contributed by atoms with Crippen molar-refractivity contribution in [2.24, 2.45) is 0 Å². The number of sulfonamides is 1. The summed E-state index contributed by atoms with van der Waals surface area (Å²) in [5, 5.41) is 0. The van der Waals surface area contributed by atoms with E-state index in [2.05, 4.69) is 9.97 Å². The maximum atomic E-state index is 13.8. The molecule has 1 aliphatic rings.